The molecule has 4 nitrogen and oxygen atoms in total. The van der Waals surface area contributed by atoms with Crippen LogP contribution in [0.5, 0.6) is 0 Å². The fraction of sp³-hybridized carbons (Fsp3) is 0.348. The third-order valence-corrected chi connectivity index (χ3v) is 6.51. The Morgan fingerprint density at radius 3 is 2.86 bits per heavy atom. The number of likely N-dealkylation sites (N-methyl/N-ethyl adjacent to an activating group) is 1. The van der Waals surface area contributed by atoms with Gasteiger partial charge in [0.1, 0.15) is 0 Å². The number of hydrogen-bond acceptors (Lipinski definition) is 3. The normalized spacial score (nSPS) is 28.8. The summed E-state index contributed by atoms with van der Waals surface area (Å²) in [6, 6.07) is 8.52. The van der Waals surface area contributed by atoms with Crippen molar-refractivity contribution in [2.75, 3.05) is 39.8 Å². The molecule has 5 rings (SSSR count). The summed E-state index contributed by atoms with van der Waals surface area (Å²) in [6.45, 7) is 9.35. The Labute approximate surface area is 177 Å². The van der Waals surface area contributed by atoms with Crippen LogP contribution >= 0.6 is 0 Å². The number of benzene rings is 1. The van der Waals surface area contributed by atoms with Crippen molar-refractivity contribution in [1.29, 1.82) is 0 Å². The molecule has 2 aliphatic carbocycles. The molecule has 5 heteroatoms. The van der Waals surface area contributed by atoms with E-state index in [4.69, 9.17) is 9.73 Å². The van der Waals surface area contributed by atoms with E-state index < -0.39 is 5.54 Å². The van der Waals surface area contributed by atoms with E-state index in [2.05, 4.69) is 67.1 Å². The highest BCUT2D eigenvalue weighted by Gasteiger charge is 2.50. The van der Waals surface area contributed by atoms with Crippen LogP contribution in [0.1, 0.15) is 11.1 Å². The van der Waals surface area contributed by atoms with Gasteiger partial charge in [0, 0.05) is 5.70 Å². The van der Waals surface area contributed by atoms with E-state index >= 15 is 0 Å². The zero-order valence-corrected chi connectivity index (χ0v) is 17.8. The highest BCUT2D eigenvalue weighted by atomic mass is 79.9. The van der Waals surface area contributed by atoms with E-state index in [0.29, 0.717) is 0 Å². The smallest absolute Gasteiger partial charge is 0.171 e. The van der Waals surface area contributed by atoms with Crippen LogP contribution in [-0.2, 0) is 10.3 Å². The Balaban J connectivity index is 0.00000192. The van der Waals surface area contributed by atoms with Gasteiger partial charge in [-0.1, -0.05) is 43.0 Å². The molecule has 0 amide bonds. The second-order valence-corrected chi connectivity index (χ2v) is 8.19. The molecule has 2 aliphatic heterocycles. The van der Waals surface area contributed by atoms with Crippen LogP contribution in [0.15, 0.2) is 71.4 Å². The fourth-order valence-corrected chi connectivity index (χ4v) is 4.84. The molecule has 0 N–H and O–H groups in total. The van der Waals surface area contributed by atoms with Crippen molar-refractivity contribution in [3.63, 3.8) is 0 Å². The maximum Gasteiger partial charge on any atom is 0.171 e. The number of rotatable bonds is 3. The largest absolute Gasteiger partial charge is 1.00 e. The summed E-state index contributed by atoms with van der Waals surface area (Å²) < 4.78 is 7.06. The highest BCUT2D eigenvalue weighted by Crippen LogP contribution is 2.49. The number of quaternary nitrogens is 1. The van der Waals surface area contributed by atoms with Gasteiger partial charge in [-0.05, 0) is 34.9 Å². The molecule has 0 aromatic heterocycles. The van der Waals surface area contributed by atoms with Crippen molar-refractivity contribution in [2.24, 2.45) is 4.99 Å². The van der Waals surface area contributed by atoms with E-state index in [9.17, 15) is 0 Å². The van der Waals surface area contributed by atoms with Gasteiger partial charge in [-0.3, -0.25) is 0 Å². The molecule has 1 spiro atoms. The molecule has 28 heavy (non-hydrogen) atoms. The molecule has 2 atom stereocenters. The number of ether oxygens (including phenoxy) is 1. The summed E-state index contributed by atoms with van der Waals surface area (Å²) in [7, 11) is 2.33. The molecule has 4 aliphatic rings. The van der Waals surface area contributed by atoms with E-state index in [1.807, 2.05) is 6.08 Å². The number of aliphatic imine (C=N–C) groups is 1. The van der Waals surface area contributed by atoms with Gasteiger partial charge in [-0.2, -0.15) is 0 Å². The Hall–Kier alpha value is -2.11. The van der Waals surface area contributed by atoms with E-state index in [0.717, 1.165) is 37.2 Å². The quantitative estimate of drug-likeness (QED) is 0.493. The topological polar surface area (TPSA) is 24.8 Å². The lowest BCUT2D eigenvalue weighted by molar-refractivity contribution is -0.907. The predicted molar refractivity (Wildman–Crippen MR) is 109 cm³/mol. The molecule has 2 unspecified atom stereocenters. The molecule has 2 heterocycles. The minimum Gasteiger partial charge on any atom is -1.00 e. The summed E-state index contributed by atoms with van der Waals surface area (Å²) in [6.07, 6.45) is 12.6. The molecular formula is C23H26BrN3O. The Bertz CT molecular complexity index is 908. The molecule has 1 aromatic rings. The summed E-state index contributed by atoms with van der Waals surface area (Å²) in [5.41, 5.74) is 4.55. The van der Waals surface area contributed by atoms with Gasteiger partial charge >= 0.3 is 0 Å². The van der Waals surface area contributed by atoms with Crippen molar-refractivity contribution < 1.29 is 26.2 Å². The lowest BCUT2D eigenvalue weighted by Crippen LogP contribution is -3.00. The molecule has 146 valence electrons. The summed E-state index contributed by atoms with van der Waals surface area (Å²) in [5.74, 6) is 0. The maximum absolute atomic E-state index is 5.99. The van der Waals surface area contributed by atoms with E-state index in [1.165, 1.54) is 22.4 Å². The SMILES string of the molecule is C=CC[N+]1(C)CCN(C2=CC3OC=NC34C(=C2)C=Cc2ccccc24)CC1.[Br-]. The van der Waals surface area contributed by atoms with Crippen molar-refractivity contribution in [1.82, 2.24) is 4.90 Å². The first-order valence-corrected chi connectivity index (χ1v) is 9.75. The van der Waals surface area contributed by atoms with Gasteiger partial charge in [-0.15, -0.1) is 0 Å². The third-order valence-electron chi connectivity index (χ3n) is 6.51. The summed E-state index contributed by atoms with van der Waals surface area (Å²) >= 11 is 0. The number of halogens is 1. The second kappa shape index (κ2) is 7.05. The third kappa shape index (κ3) is 2.80. The van der Waals surface area contributed by atoms with Crippen molar-refractivity contribution in [3.05, 3.63) is 77.5 Å². The average molecular weight is 440 g/mol. The molecule has 0 bridgehead atoms. The first-order chi connectivity index (χ1) is 13.1. The van der Waals surface area contributed by atoms with Gasteiger partial charge < -0.3 is 31.1 Å². The van der Waals surface area contributed by atoms with Crippen molar-refractivity contribution in [2.45, 2.75) is 11.6 Å². The number of hydrogen-bond donors (Lipinski definition) is 0. The van der Waals surface area contributed by atoms with Crippen LogP contribution < -0.4 is 17.0 Å². The van der Waals surface area contributed by atoms with Gasteiger partial charge in [-0.25, -0.2) is 4.99 Å². The first kappa shape index (κ1) is 19.2. The summed E-state index contributed by atoms with van der Waals surface area (Å²) in [5, 5.41) is 0. The van der Waals surface area contributed by atoms with E-state index in [1.54, 1.807) is 6.40 Å². The monoisotopic (exact) mass is 439 g/mol. The lowest BCUT2D eigenvalue weighted by Gasteiger charge is -2.44. The van der Waals surface area contributed by atoms with Crippen molar-refractivity contribution >= 4 is 12.5 Å². The van der Waals surface area contributed by atoms with Gasteiger partial charge in [0.15, 0.2) is 18.0 Å². The fourth-order valence-electron chi connectivity index (χ4n) is 4.84. The zero-order chi connectivity index (χ0) is 18.5. The molecular weight excluding hydrogens is 414 g/mol. The van der Waals surface area contributed by atoms with Crippen LogP contribution in [0.25, 0.3) is 6.08 Å². The van der Waals surface area contributed by atoms with Crippen LogP contribution in [0.4, 0.5) is 0 Å². The Kier molecular flexibility index (Phi) is 4.84. The second-order valence-electron chi connectivity index (χ2n) is 8.19. The number of nitrogens with zero attached hydrogens (tertiary/aromatic N) is 3. The standard InChI is InChI=1S/C23H26N3O.BrH/c1-3-12-26(2)13-10-25(11-14-26)20-15-19-9-8-18-6-4-5-7-21(18)23(19)22(16-20)27-17-24-23;/h3-9,15-17,22H,1,10-14H2,2H3;1H/q+1;/p-1. The number of fused-ring (bicyclic) bond motifs is 1. The average Bonchev–Trinajstić information content (AvgIpc) is 3.11. The lowest BCUT2D eigenvalue weighted by atomic mass is 9.71. The zero-order valence-electron chi connectivity index (χ0n) is 16.2. The minimum atomic E-state index is -0.419. The van der Waals surface area contributed by atoms with Crippen LogP contribution in [0, 0.1) is 0 Å². The van der Waals surface area contributed by atoms with Gasteiger partial charge in [0.2, 0.25) is 0 Å². The molecule has 0 saturated carbocycles. The number of allylic oxidation sites excluding steroid dienone is 1. The summed E-state index contributed by atoms with van der Waals surface area (Å²) in [4.78, 5) is 7.33. The van der Waals surface area contributed by atoms with Crippen molar-refractivity contribution in [3.8, 4) is 0 Å². The van der Waals surface area contributed by atoms with Gasteiger partial charge in [0.05, 0.1) is 39.8 Å². The molecule has 1 saturated heterocycles. The van der Waals surface area contributed by atoms with Crippen LogP contribution in [0.3, 0.4) is 0 Å². The number of piperazine rings is 1. The van der Waals surface area contributed by atoms with Crippen LogP contribution in [0.2, 0.25) is 0 Å². The molecule has 1 aromatic carbocycles. The molecule has 1 fully saturated rings. The maximum atomic E-state index is 5.99. The minimum absolute atomic E-state index is 0. The Morgan fingerprint density at radius 1 is 1.29 bits per heavy atom. The highest BCUT2D eigenvalue weighted by molar-refractivity contribution is 5.72. The van der Waals surface area contributed by atoms with Gasteiger partial charge in [0.25, 0.3) is 0 Å². The Morgan fingerprint density at radius 2 is 2.07 bits per heavy atom. The van der Waals surface area contributed by atoms with Crippen LogP contribution in [-0.4, -0.2) is 61.7 Å². The predicted octanol–water partition coefficient (Wildman–Crippen LogP) is 0.112. The van der Waals surface area contributed by atoms with E-state index in [-0.39, 0.29) is 23.1 Å². The first-order valence-electron chi connectivity index (χ1n) is 9.75. The molecule has 0 radical (unpaired) electrons.